The van der Waals surface area contributed by atoms with Crippen LogP contribution in [-0.4, -0.2) is 28.2 Å². The number of imide groups is 1. The molecule has 1 saturated heterocycles. The Kier molecular flexibility index (Phi) is 3.83. The number of phenolic OH excluding ortho intramolecular Hbond substituents is 2. The Hall–Kier alpha value is -2.73. The summed E-state index contributed by atoms with van der Waals surface area (Å²) in [6, 6.07) is 9.16. The SMILES string of the molecule is O=C1NC(Cc2ccc(O)cc2)C(=O)N1c1cc(Cl)ccc1O. The monoisotopic (exact) mass is 332 g/mol. The predicted molar refractivity (Wildman–Crippen MR) is 84.7 cm³/mol. The number of halogens is 1. The Labute approximate surface area is 136 Å². The molecule has 0 radical (unpaired) electrons. The first-order valence-electron chi connectivity index (χ1n) is 6.86. The number of carbonyl (C=O) groups is 2. The summed E-state index contributed by atoms with van der Waals surface area (Å²) >= 11 is 5.87. The van der Waals surface area contributed by atoms with Crippen molar-refractivity contribution in [2.75, 3.05) is 4.90 Å². The van der Waals surface area contributed by atoms with E-state index < -0.39 is 18.0 Å². The van der Waals surface area contributed by atoms with Crippen molar-refractivity contribution >= 4 is 29.2 Å². The summed E-state index contributed by atoms with van der Waals surface area (Å²) < 4.78 is 0. The Morgan fingerprint density at radius 2 is 1.78 bits per heavy atom. The lowest BCUT2D eigenvalue weighted by molar-refractivity contribution is -0.118. The number of nitrogens with zero attached hydrogens (tertiary/aromatic N) is 1. The topological polar surface area (TPSA) is 89.9 Å². The summed E-state index contributed by atoms with van der Waals surface area (Å²) in [6.45, 7) is 0. The maximum atomic E-state index is 12.5. The summed E-state index contributed by atoms with van der Waals surface area (Å²) in [5, 5.41) is 22.0. The number of nitrogens with one attached hydrogen (secondary N) is 1. The lowest BCUT2D eigenvalue weighted by atomic mass is 10.1. The minimum atomic E-state index is -0.745. The molecule has 3 N–H and O–H groups in total. The second-order valence-electron chi connectivity index (χ2n) is 5.18. The van der Waals surface area contributed by atoms with Gasteiger partial charge in [0.25, 0.3) is 5.91 Å². The summed E-state index contributed by atoms with van der Waals surface area (Å²) in [4.78, 5) is 25.5. The van der Waals surface area contributed by atoms with Crippen molar-refractivity contribution in [3.8, 4) is 11.5 Å². The van der Waals surface area contributed by atoms with Crippen LogP contribution >= 0.6 is 11.6 Å². The van der Waals surface area contributed by atoms with Crippen LogP contribution < -0.4 is 10.2 Å². The summed E-state index contributed by atoms with van der Waals surface area (Å²) in [6.07, 6.45) is 0.280. The van der Waals surface area contributed by atoms with E-state index in [9.17, 15) is 19.8 Å². The molecule has 6 nitrogen and oxygen atoms in total. The standard InChI is InChI=1S/C16H13ClN2O4/c17-10-3-6-14(21)13(8-10)19-15(22)12(18-16(19)23)7-9-1-4-11(20)5-2-9/h1-6,8,12,20-21H,7H2,(H,18,23). The molecule has 1 aliphatic rings. The van der Waals surface area contributed by atoms with Gasteiger partial charge in [0.1, 0.15) is 17.5 Å². The number of benzene rings is 2. The molecule has 2 aromatic rings. The zero-order valence-corrected chi connectivity index (χ0v) is 12.6. The molecule has 118 valence electrons. The fourth-order valence-electron chi connectivity index (χ4n) is 2.44. The van der Waals surface area contributed by atoms with Gasteiger partial charge >= 0.3 is 6.03 Å². The van der Waals surface area contributed by atoms with Gasteiger partial charge in [-0.1, -0.05) is 23.7 Å². The second kappa shape index (κ2) is 5.81. The molecule has 0 bridgehead atoms. The normalized spacial score (nSPS) is 17.4. The van der Waals surface area contributed by atoms with Crippen molar-refractivity contribution in [1.82, 2.24) is 5.32 Å². The van der Waals surface area contributed by atoms with Crippen LogP contribution in [0.3, 0.4) is 0 Å². The van der Waals surface area contributed by atoms with Crippen LogP contribution in [0.25, 0.3) is 0 Å². The molecule has 0 saturated carbocycles. The Morgan fingerprint density at radius 3 is 2.48 bits per heavy atom. The molecular formula is C16H13ClN2O4. The molecule has 7 heteroatoms. The van der Waals surface area contributed by atoms with E-state index in [4.69, 9.17) is 11.6 Å². The minimum absolute atomic E-state index is 0.0493. The highest BCUT2D eigenvalue weighted by atomic mass is 35.5. The van der Waals surface area contributed by atoms with Gasteiger partial charge in [0.2, 0.25) is 0 Å². The Morgan fingerprint density at radius 1 is 1.09 bits per heavy atom. The first kappa shape index (κ1) is 15.2. The fraction of sp³-hybridized carbons (Fsp3) is 0.125. The maximum Gasteiger partial charge on any atom is 0.329 e. The van der Waals surface area contributed by atoms with E-state index in [0.717, 1.165) is 10.5 Å². The molecule has 1 aliphatic heterocycles. The molecule has 0 spiro atoms. The third kappa shape index (κ3) is 2.93. The Balaban J connectivity index is 1.85. The van der Waals surface area contributed by atoms with Crippen molar-refractivity contribution in [3.63, 3.8) is 0 Å². The summed E-state index contributed by atoms with van der Waals surface area (Å²) in [7, 11) is 0. The zero-order valence-electron chi connectivity index (χ0n) is 11.9. The van der Waals surface area contributed by atoms with Crippen LogP contribution in [0, 0.1) is 0 Å². The largest absolute Gasteiger partial charge is 0.508 e. The first-order chi connectivity index (χ1) is 11.0. The van der Waals surface area contributed by atoms with E-state index in [1.165, 1.54) is 30.3 Å². The number of rotatable bonds is 3. The van der Waals surface area contributed by atoms with E-state index in [1.54, 1.807) is 12.1 Å². The Bertz CT molecular complexity index is 776. The quantitative estimate of drug-likeness (QED) is 0.753. The lowest BCUT2D eigenvalue weighted by Gasteiger charge is -2.15. The molecule has 3 rings (SSSR count). The van der Waals surface area contributed by atoms with Gasteiger partial charge in [0.05, 0.1) is 5.69 Å². The third-order valence-corrected chi connectivity index (χ3v) is 3.81. The number of anilines is 1. The van der Waals surface area contributed by atoms with Gasteiger partial charge in [-0.3, -0.25) is 4.79 Å². The summed E-state index contributed by atoms with van der Waals surface area (Å²) in [5.41, 5.74) is 0.840. The van der Waals surface area contributed by atoms with Gasteiger partial charge in [-0.25, -0.2) is 9.69 Å². The van der Waals surface area contributed by atoms with E-state index in [-0.39, 0.29) is 23.6 Å². The van der Waals surface area contributed by atoms with Crippen LogP contribution in [0.5, 0.6) is 11.5 Å². The van der Waals surface area contributed by atoms with Crippen LogP contribution in [0.15, 0.2) is 42.5 Å². The van der Waals surface area contributed by atoms with Crippen molar-refractivity contribution in [2.45, 2.75) is 12.5 Å². The van der Waals surface area contributed by atoms with Crippen molar-refractivity contribution in [1.29, 1.82) is 0 Å². The van der Waals surface area contributed by atoms with Crippen LogP contribution in [-0.2, 0) is 11.2 Å². The fourth-order valence-corrected chi connectivity index (χ4v) is 2.61. The van der Waals surface area contributed by atoms with Crippen LogP contribution in [0.1, 0.15) is 5.56 Å². The van der Waals surface area contributed by atoms with Gasteiger partial charge in [-0.2, -0.15) is 0 Å². The van der Waals surface area contributed by atoms with Crippen LogP contribution in [0.4, 0.5) is 10.5 Å². The molecule has 0 aromatic heterocycles. The van der Waals surface area contributed by atoms with E-state index in [0.29, 0.717) is 5.02 Å². The molecule has 0 aliphatic carbocycles. The van der Waals surface area contributed by atoms with Gasteiger partial charge in [0.15, 0.2) is 0 Å². The number of hydrogen-bond acceptors (Lipinski definition) is 4. The highest BCUT2D eigenvalue weighted by Gasteiger charge is 2.40. The molecule has 1 unspecified atom stereocenters. The van der Waals surface area contributed by atoms with E-state index >= 15 is 0 Å². The van der Waals surface area contributed by atoms with E-state index in [2.05, 4.69) is 5.32 Å². The predicted octanol–water partition coefficient (Wildman–Crippen LogP) is 2.42. The number of phenols is 2. The molecular weight excluding hydrogens is 320 g/mol. The average Bonchev–Trinajstić information content (AvgIpc) is 2.78. The van der Waals surface area contributed by atoms with Crippen molar-refractivity contribution in [2.24, 2.45) is 0 Å². The number of amides is 3. The molecule has 1 fully saturated rings. The number of urea groups is 1. The lowest BCUT2D eigenvalue weighted by Crippen LogP contribution is -2.32. The van der Waals surface area contributed by atoms with Crippen molar-refractivity contribution in [3.05, 3.63) is 53.1 Å². The minimum Gasteiger partial charge on any atom is -0.508 e. The van der Waals surface area contributed by atoms with Crippen LogP contribution in [0.2, 0.25) is 5.02 Å². The molecule has 2 aromatic carbocycles. The average molecular weight is 333 g/mol. The van der Waals surface area contributed by atoms with E-state index in [1.807, 2.05) is 0 Å². The molecule has 3 amide bonds. The number of carbonyl (C=O) groups excluding carboxylic acids is 2. The van der Waals surface area contributed by atoms with Gasteiger partial charge in [-0.05, 0) is 35.9 Å². The van der Waals surface area contributed by atoms with Gasteiger partial charge in [-0.15, -0.1) is 0 Å². The van der Waals surface area contributed by atoms with Crippen molar-refractivity contribution < 1.29 is 19.8 Å². The highest BCUT2D eigenvalue weighted by molar-refractivity contribution is 6.31. The maximum absolute atomic E-state index is 12.5. The molecule has 1 atom stereocenters. The summed E-state index contributed by atoms with van der Waals surface area (Å²) in [5.74, 6) is -0.551. The number of hydrogen-bond donors (Lipinski definition) is 3. The zero-order chi connectivity index (χ0) is 16.6. The smallest absolute Gasteiger partial charge is 0.329 e. The first-order valence-corrected chi connectivity index (χ1v) is 7.24. The second-order valence-corrected chi connectivity index (χ2v) is 5.62. The van der Waals surface area contributed by atoms with Gasteiger partial charge in [0, 0.05) is 11.4 Å². The third-order valence-electron chi connectivity index (χ3n) is 3.57. The molecule has 1 heterocycles. The number of aromatic hydroxyl groups is 2. The van der Waals surface area contributed by atoms with Gasteiger partial charge < -0.3 is 15.5 Å². The molecule has 23 heavy (non-hydrogen) atoms. The highest BCUT2D eigenvalue weighted by Crippen LogP contribution is 2.32.